The van der Waals surface area contributed by atoms with Gasteiger partial charge in [-0.25, -0.2) is 23.8 Å². The molecule has 15 heteroatoms. The molecule has 2 aliphatic heterocycles. The molecule has 242 valence electrons. The number of piperazine rings is 1. The number of hydrogen-bond donors (Lipinski definition) is 0. The molecule has 0 radical (unpaired) electrons. The fourth-order valence-corrected chi connectivity index (χ4v) is 5.83. The molecular weight excluding hydrogens is 644 g/mol. The lowest BCUT2D eigenvalue weighted by Crippen LogP contribution is -2.50. The van der Waals surface area contributed by atoms with E-state index >= 15 is 4.39 Å². The van der Waals surface area contributed by atoms with Crippen LogP contribution in [0.1, 0.15) is 57.5 Å². The Bertz CT molecular complexity index is 1630. The monoisotopic (exact) mass is 679 g/mol. The molecule has 2 saturated heterocycles. The second kappa shape index (κ2) is 13.7. The van der Waals surface area contributed by atoms with Gasteiger partial charge in [0.05, 0.1) is 17.1 Å². The first-order valence-corrected chi connectivity index (χ1v) is 16.6. The molecule has 11 nitrogen and oxygen atoms in total. The highest BCUT2D eigenvalue weighted by Crippen LogP contribution is 2.39. The Labute approximate surface area is 275 Å². The van der Waals surface area contributed by atoms with E-state index in [0.717, 1.165) is 19.3 Å². The van der Waals surface area contributed by atoms with E-state index in [1.165, 1.54) is 17.8 Å². The minimum Gasteiger partial charge on any atom is -0.444 e. The van der Waals surface area contributed by atoms with E-state index in [1.54, 1.807) is 15.8 Å². The number of aliphatic imine (C=N–C) groups is 1. The van der Waals surface area contributed by atoms with Crippen LogP contribution in [0.15, 0.2) is 34.1 Å². The van der Waals surface area contributed by atoms with Gasteiger partial charge in [0.25, 0.3) is 0 Å². The van der Waals surface area contributed by atoms with Crippen LogP contribution in [-0.4, -0.2) is 81.3 Å². The number of benzene rings is 1. The first-order chi connectivity index (χ1) is 21.4. The zero-order valence-corrected chi connectivity index (χ0v) is 28.2. The van der Waals surface area contributed by atoms with Crippen molar-refractivity contribution < 1.29 is 23.4 Å². The first kappa shape index (κ1) is 33.2. The molecule has 2 aromatic heterocycles. The van der Waals surface area contributed by atoms with E-state index < -0.39 is 11.4 Å². The van der Waals surface area contributed by atoms with Gasteiger partial charge < -0.3 is 24.0 Å². The molecular formula is C30H36Cl2FN7O4S. The van der Waals surface area contributed by atoms with Gasteiger partial charge in [-0.1, -0.05) is 41.5 Å². The topological polar surface area (TPSA) is 107 Å². The molecule has 4 heterocycles. The van der Waals surface area contributed by atoms with E-state index in [9.17, 15) is 4.79 Å². The Balaban J connectivity index is 1.50. The zero-order valence-electron chi connectivity index (χ0n) is 25.9. The Kier molecular flexibility index (Phi) is 10.1. The zero-order chi connectivity index (χ0) is 32.5. The average molecular weight is 681 g/mol. The van der Waals surface area contributed by atoms with Gasteiger partial charge in [-0.15, -0.1) is 0 Å². The van der Waals surface area contributed by atoms with Crippen LogP contribution in [0.5, 0.6) is 5.75 Å². The van der Waals surface area contributed by atoms with Gasteiger partial charge in [-0.2, -0.15) is 10.1 Å². The lowest BCUT2D eigenvalue weighted by Gasteiger charge is -2.36. The highest BCUT2D eigenvalue weighted by atomic mass is 35.5. The maximum Gasteiger partial charge on any atom is 0.410 e. The van der Waals surface area contributed by atoms with Gasteiger partial charge in [0.1, 0.15) is 33.1 Å². The maximum atomic E-state index is 15.3. The number of ether oxygens (including phenoxy) is 3. The first-order valence-electron chi connectivity index (χ1n) is 14.6. The van der Waals surface area contributed by atoms with Crippen molar-refractivity contribution in [3.05, 3.63) is 46.1 Å². The standard InChI is InChI=1S/C30H36Cl2FN7O4S/c1-17-24(36-28(45-6)37-26(17)38-10-12-39(13-11-38)29(41)44-30(3,4)5)27(35-18(2)31)43-25-19-16-34-40(22-9-7-8-14-42-22)21(19)15-20(33)23(25)32/h15-16,22H,2,7-14H2,1,3-6H3. The maximum absolute atomic E-state index is 15.3. The number of nitrogens with zero attached hydrogens (tertiary/aromatic N) is 7. The van der Waals surface area contributed by atoms with Crippen molar-refractivity contribution in [2.75, 3.05) is 43.9 Å². The summed E-state index contributed by atoms with van der Waals surface area (Å²) in [7, 11) is 0. The van der Waals surface area contributed by atoms with E-state index in [1.807, 2.05) is 34.0 Å². The quantitative estimate of drug-likeness (QED) is 0.0900. The number of thioether (sulfide) groups is 1. The molecule has 0 aliphatic carbocycles. The third-order valence-electron chi connectivity index (χ3n) is 7.32. The van der Waals surface area contributed by atoms with Gasteiger partial charge in [-0.3, -0.25) is 0 Å². The van der Waals surface area contributed by atoms with Gasteiger partial charge in [0, 0.05) is 44.4 Å². The lowest BCUT2D eigenvalue weighted by atomic mass is 10.1. The van der Waals surface area contributed by atoms with E-state index in [4.69, 9.17) is 47.4 Å². The fraction of sp³-hybridized carbons (Fsp3) is 0.500. The van der Waals surface area contributed by atoms with Crippen molar-refractivity contribution in [3.8, 4) is 5.75 Å². The Hall–Kier alpha value is -3.13. The van der Waals surface area contributed by atoms with Gasteiger partial charge in [0.2, 0.25) is 5.90 Å². The minimum absolute atomic E-state index is 0.0154. The van der Waals surface area contributed by atoms with E-state index in [2.05, 4.69) is 21.6 Å². The molecule has 0 spiro atoms. The van der Waals surface area contributed by atoms with Crippen LogP contribution in [0.4, 0.5) is 15.0 Å². The molecule has 1 atom stereocenters. The van der Waals surface area contributed by atoms with Crippen LogP contribution in [0.25, 0.3) is 10.9 Å². The summed E-state index contributed by atoms with van der Waals surface area (Å²) in [6.45, 7) is 13.6. The summed E-state index contributed by atoms with van der Waals surface area (Å²) in [5, 5.41) is 5.10. The predicted octanol–water partition coefficient (Wildman–Crippen LogP) is 6.94. The van der Waals surface area contributed by atoms with Crippen LogP contribution in [0.2, 0.25) is 5.02 Å². The Morgan fingerprint density at radius 3 is 2.58 bits per heavy atom. The molecule has 1 unspecified atom stereocenters. The molecule has 5 rings (SSSR count). The third kappa shape index (κ3) is 7.48. The second-order valence-electron chi connectivity index (χ2n) is 11.7. The summed E-state index contributed by atoms with van der Waals surface area (Å²) >= 11 is 14.0. The SMILES string of the molecule is C=C(Cl)N=C(Oc1c(Cl)c(F)cc2c1cnn2C1CCCCO1)c1nc(SC)nc(N2CCN(C(=O)OC(C)(C)C)CC2)c1C. The number of amides is 1. The summed E-state index contributed by atoms with van der Waals surface area (Å²) < 4.78 is 34.7. The van der Waals surface area contributed by atoms with Crippen LogP contribution < -0.4 is 9.64 Å². The molecule has 2 fully saturated rings. The molecule has 0 saturated carbocycles. The minimum atomic E-state index is -0.687. The van der Waals surface area contributed by atoms with Gasteiger partial charge in [0.15, 0.2) is 17.1 Å². The van der Waals surface area contributed by atoms with E-state index in [-0.39, 0.29) is 34.1 Å². The molecule has 45 heavy (non-hydrogen) atoms. The van der Waals surface area contributed by atoms with Crippen molar-refractivity contribution in [2.24, 2.45) is 4.99 Å². The molecule has 2 aliphatic rings. The average Bonchev–Trinajstić information content (AvgIpc) is 3.42. The highest BCUT2D eigenvalue weighted by Gasteiger charge is 2.30. The number of aromatic nitrogens is 4. The predicted molar refractivity (Wildman–Crippen MR) is 174 cm³/mol. The largest absolute Gasteiger partial charge is 0.444 e. The summed E-state index contributed by atoms with van der Waals surface area (Å²) in [5.41, 5.74) is 0.860. The number of hydrogen-bond acceptors (Lipinski definition) is 10. The van der Waals surface area contributed by atoms with Crippen LogP contribution in [0.3, 0.4) is 0 Å². The number of carbonyl (C=O) groups excluding carboxylic acids is 1. The van der Waals surface area contributed by atoms with Gasteiger partial charge >= 0.3 is 6.09 Å². The molecule has 1 aromatic carbocycles. The second-order valence-corrected chi connectivity index (χ2v) is 13.3. The number of rotatable bonds is 6. The smallest absolute Gasteiger partial charge is 0.410 e. The number of halogens is 3. The molecule has 3 aromatic rings. The van der Waals surface area contributed by atoms with Crippen LogP contribution in [0, 0.1) is 12.7 Å². The van der Waals surface area contributed by atoms with Crippen molar-refractivity contribution in [1.29, 1.82) is 0 Å². The van der Waals surface area contributed by atoms with E-state index in [0.29, 0.717) is 65.9 Å². The summed E-state index contributed by atoms with van der Waals surface area (Å²) in [6, 6.07) is 1.32. The lowest BCUT2D eigenvalue weighted by molar-refractivity contribution is -0.0366. The van der Waals surface area contributed by atoms with Crippen molar-refractivity contribution in [3.63, 3.8) is 0 Å². The van der Waals surface area contributed by atoms with Crippen molar-refractivity contribution in [1.82, 2.24) is 24.6 Å². The summed E-state index contributed by atoms with van der Waals surface area (Å²) in [4.78, 5) is 30.2. The highest BCUT2D eigenvalue weighted by molar-refractivity contribution is 7.98. The molecule has 0 N–H and O–H groups in total. The fourth-order valence-electron chi connectivity index (χ4n) is 5.20. The van der Waals surface area contributed by atoms with Crippen molar-refractivity contribution in [2.45, 2.75) is 63.9 Å². The number of carbonyl (C=O) groups is 1. The summed E-state index contributed by atoms with van der Waals surface area (Å²) in [5.74, 6) is -0.0631. The number of fused-ring (bicyclic) bond motifs is 1. The number of anilines is 1. The Morgan fingerprint density at radius 2 is 1.96 bits per heavy atom. The van der Waals surface area contributed by atoms with Crippen LogP contribution >= 0.6 is 35.0 Å². The van der Waals surface area contributed by atoms with Gasteiger partial charge in [-0.05, 0) is 53.2 Å². The Morgan fingerprint density at radius 1 is 1.22 bits per heavy atom. The summed E-state index contributed by atoms with van der Waals surface area (Å²) in [6.07, 6.45) is 5.43. The van der Waals surface area contributed by atoms with Crippen LogP contribution in [-0.2, 0) is 9.47 Å². The molecule has 1 amide bonds. The normalized spacial score (nSPS) is 18.0. The molecule has 0 bridgehead atoms. The third-order valence-corrected chi connectivity index (χ3v) is 8.30. The van der Waals surface area contributed by atoms with Crippen molar-refractivity contribution >= 4 is 63.7 Å².